The molecule has 146 valence electrons. The number of hydrogen-bond donors (Lipinski definition) is 2. The van der Waals surface area contributed by atoms with Gasteiger partial charge in [-0.15, -0.1) is 0 Å². The van der Waals surface area contributed by atoms with Crippen molar-refractivity contribution < 1.29 is 9.59 Å². The molecular weight excluding hydrogens is 342 g/mol. The summed E-state index contributed by atoms with van der Waals surface area (Å²) in [5, 5.41) is 2.90. The molecule has 1 aromatic carbocycles. The Morgan fingerprint density at radius 3 is 2.41 bits per heavy atom. The topological polar surface area (TPSA) is 81.3 Å². The molecule has 0 spiro atoms. The fourth-order valence-corrected chi connectivity index (χ4v) is 3.24. The molecule has 1 saturated heterocycles. The van der Waals surface area contributed by atoms with Gasteiger partial charge in [0.25, 0.3) is 0 Å². The third-order valence-electron chi connectivity index (χ3n) is 4.80. The van der Waals surface area contributed by atoms with Crippen molar-refractivity contribution in [3.05, 3.63) is 29.6 Å². The van der Waals surface area contributed by atoms with Gasteiger partial charge in [0.2, 0.25) is 5.91 Å². The Morgan fingerprint density at radius 2 is 1.78 bits per heavy atom. The van der Waals surface area contributed by atoms with Crippen LogP contribution in [0.25, 0.3) is 11.0 Å². The Labute approximate surface area is 160 Å². The van der Waals surface area contributed by atoms with Gasteiger partial charge in [-0.3, -0.25) is 4.79 Å². The summed E-state index contributed by atoms with van der Waals surface area (Å²) in [6.45, 7) is 10.4. The first kappa shape index (κ1) is 19.2. The zero-order valence-corrected chi connectivity index (χ0v) is 16.6. The first-order valence-electron chi connectivity index (χ1n) is 9.65. The lowest BCUT2D eigenvalue weighted by molar-refractivity contribution is -0.131. The van der Waals surface area contributed by atoms with Gasteiger partial charge in [-0.05, 0) is 31.5 Å². The summed E-state index contributed by atoms with van der Waals surface area (Å²) in [6, 6.07) is 6.01. The number of aromatic nitrogens is 2. The van der Waals surface area contributed by atoms with Crippen LogP contribution in [0.2, 0.25) is 0 Å². The highest BCUT2D eigenvalue weighted by molar-refractivity contribution is 5.82. The van der Waals surface area contributed by atoms with E-state index in [1.165, 1.54) is 0 Å². The van der Waals surface area contributed by atoms with Crippen molar-refractivity contribution in [3.63, 3.8) is 0 Å². The van der Waals surface area contributed by atoms with Gasteiger partial charge in [0.05, 0.1) is 17.5 Å². The number of amides is 3. The van der Waals surface area contributed by atoms with Gasteiger partial charge in [-0.2, -0.15) is 0 Å². The molecule has 1 fully saturated rings. The third kappa shape index (κ3) is 4.59. The number of hydrogen-bond acceptors (Lipinski definition) is 3. The van der Waals surface area contributed by atoms with Crippen LogP contribution in [0.5, 0.6) is 0 Å². The molecule has 3 rings (SSSR count). The van der Waals surface area contributed by atoms with Crippen LogP contribution in [0.4, 0.5) is 4.79 Å². The highest BCUT2D eigenvalue weighted by Gasteiger charge is 2.24. The van der Waals surface area contributed by atoms with Crippen molar-refractivity contribution in [2.45, 2.75) is 46.1 Å². The lowest BCUT2D eigenvalue weighted by atomic mass is 10.1. The second-order valence-corrected chi connectivity index (χ2v) is 7.78. The fourth-order valence-electron chi connectivity index (χ4n) is 3.24. The Balaban J connectivity index is 1.58. The molecule has 1 aliphatic rings. The minimum absolute atomic E-state index is 0.0530. The minimum atomic E-state index is -0.0530. The molecule has 0 bridgehead atoms. The Hall–Kier alpha value is -2.57. The van der Waals surface area contributed by atoms with Crippen LogP contribution >= 0.6 is 0 Å². The SMILES string of the molecule is CC(C)NC(=O)N1CCN(C(=O)Cc2ccc3nc(C(C)C)[nH]c3c2)CC1. The van der Waals surface area contributed by atoms with Gasteiger partial charge in [-0.1, -0.05) is 19.9 Å². The smallest absolute Gasteiger partial charge is 0.317 e. The molecule has 0 unspecified atom stereocenters. The van der Waals surface area contributed by atoms with Crippen LogP contribution in [-0.2, 0) is 11.2 Å². The van der Waals surface area contributed by atoms with Gasteiger partial charge in [0.1, 0.15) is 5.82 Å². The van der Waals surface area contributed by atoms with Crippen molar-refractivity contribution in [3.8, 4) is 0 Å². The summed E-state index contributed by atoms with van der Waals surface area (Å²) in [7, 11) is 0. The maximum Gasteiger partial charge on any atom is 0.317 e. The first-order chi connectivity index (χ1) is 12.8. The number of imidazole rings is 1. The molecular formula is C20H29N5O2. The number of benzene rings is 1. The highest BCUT2D eigenvalue weighted by Crippen LogP contribution is 2.19. The zero-order valence-electron chi connectivity index (χ0n) is 16.6. The molecule has 1 aliphatic heterocycles. The highest BCUT2D eigenvalue weighted by atomic mass is 16.2. The second kappa shape index (κ2) is 7.98. The van der Waals surface area contributed by atoms with E-state index in [-0.39, 0.29) is 18.0 Å². The van der Waals surface area contributed by atoms with E-state index in [0.717, 1.165) is 22.4 Å². The second-order valence-electron chi connectivity index (χ2n) is 7.78. The maximum atomic E-state index is 12.7. The molecule has 3 amide bonds. The quantitative estimate of drug-likeness (QED) is 0.866. The standard InChI is InChI=1S/C20H29N5O2/c1-13(2)19-22-16-6-5-15(11-17(16)23-19)12-18(26)24-7-9-25(10-8-24)20(27)21-14(3)4/h5-6,11,13-14H,7-10,12H2,1-4H3,(H,21,27)(H,22,23). The number of aromatic amines is 1. The third-order valence-corrected chi connectivity index (χ3v) is 4.80. The van der Waals surface area contributed by atoms with E-state index in [0.29, 0.717) is 38.5 Å². The Kier molecular flexibility index (Phi) is 5.68. The van der Waals surface area contributed by atoms with E-state index in [2.05, 4.69) is 29.1 Å². The number of carbonyl (C=O) groups excluding carboxylic acids is 2. The van der Waals surface area contributed by atoms with Crippen molar-refractivity contribution in [1.82, 2.24) is 25.1 Å². The molecule has 2 aromatic rings. The van der Waals surface area contributed by atoms with Gasteiger partial charge < -0.3 is 20.1 Å². The molecule has 0 radical (unpaired) electrons. The Morgan fingerprint density at radius 1 is 1.11 bits per heavy atom. The zero-order chi connectivity index (χ0) is 19.6. The summed E-state index contributed by atoms with van der Waals surface area (Å²) >= 11 is 0. The van der Waals surface area contributed by atoms with Gasteiger partial charge >= 0.3 is 6.03 Å². The molecule has 27 heavy (non-hydrogen) atoms. The molecule has 0 aliphatic carbocycles. The van der Waals surface area contributed by atoms with Crippen molar-refractivity contribution in [1.29, 1.82) is 0 Å². The van der Waals surface area contributed by atoms with Crippen molar-refractivity contribution in [2.75, 3.05) is 26.2 Å². The van der Waals surface area contributed by atoms with Crippen molar-refractivity contribution in [2.24, 2.45) is 0 Å². The van der Waals surface area contributed by atoms with E-state index < -0.39 is 0 Å². The molecule has 0 atom stereocenters. The molecule has 0 saturated carbocycles. The van der Waals surface area contributed by atoms with Gasteiger partial charge in [-0.25, -0.2) is 9.78 Å². The summed E-state index contributed by atoms with van der Waals surface area (Å²) in [5.74, 6) is 1.40. The van der Waals surface area contributed by atoms with E-state index in [9.17, 15) is 9.59 Å². The lowest BCUT2D eigenvalue weighted by Crippen LogP contribution is -2.54. The lowest BCUT2D eigenvalue weighted by Gasteiger charge is -2.35. The number of carbonyl (C=O) groups is 2. The predicted molar refractivity (Wildman–Crippen MR) is 106 cm³/mol. The van der Waals surface area contributed by atoms with Crippen LogP contribution < -0.4 is 5.32 Å². The number of urea groups is 1. The van der Waals surface area contributed by atoms with E-state index in [1.807, 2.05) is 36.9 Å². The number of rotatable bonds is 4. The predicted octanol–water partition coefficient (Wildman–Crippen LogP) is 2.49. The maximum absolute atomic E-state index is 12.7. The largest absolute Gasteiger partial charge is 0.342 e. The average molecular weight is 371 g/mol. The number of nitrogens with one attached hydrogen (secondary N) is 2. The summed E-state index contributed by atoms with van der Waals surface area (Å²) in [5.41, 5.74) is 2.88. The van der Waals surface area contributed by atoms with Crippen LogP contribution in [0, 0.1) is 0 Å². The molecule has 2 N–H and O–H groups in total. The summed E-state index contributed by atoms with van der Waals surface area (Å²) in [4.78, 5) is 36.2. The van der Waals surface area contributed by atoms with Crippen molar-refractivity contribution >= 4 is 23.0 Å². The van der Waals surface area contributed by atoms with Crippen LogP contribution in [0.1, 0.15) is 45.0 Å². The molecule has 7 nitrogen and oxygen atoms in total. The van der Waals surface area contributed by atoms with Crippen LogP contribution in [-0.4, -0.2) is 63.9 Å². The number of piperazine rings is 1. The van der Waals surface area contributed by atoms with E-state index >= 15 is 0 Å². The minimum Gasteiger partial charge on any atom is -0.342 e. The fraction of sp³-hybridized carbons (Fsp3) is 0.550. The Bertz CT molecular complexity index is 819. The van der Waals surface area contributed by atoms with Crippen LogP contribution in [0.3, 0.4) is 0 Å². The van der Waals surface area contributed by atoms with E-state index in [4.69, 9.17) is 0 Å². The van der Waals surface area contributed by atoms with Crippen LogP contribution in [0.15, 0.2) is 18.2 Å². The van der Waals surface area contributed by atoms with Gasteiger partial charge in [0.15, 0.2) is 0 Å². The number of H-pyrrole nitrogens is 1. The molecule has 1 aromatic heterocycles. The summed E-state index contributed by atoms with van der Waals surface area (Å²) in [6.07, 6.45) is 0.365. The molecule has 7 heteroatoms. The number of nitrogens with zero attached hydrogens (tertiary/aromatic N) is 3. The number of fused-ring (bicyclic) bond motifs is 1. The first-order valence-corrected chi connectivity index (χ1v) is 9.65. The van der Waals surface area contributed by atoms with Gasteiger partial charge in [0, 0.05) is 38.1 Å². The monoisotopic (exact) mass is 371 g/mol. The molecule has 2 heterocycles. The normalized spacial score (nSPS) is 15.0. The van der Waals surface area contributed by atoms with E-state index in [1.54, 1.807) is 4.90 Å². The average Bonchev–Trinajstić information content (AvgIpc) is 3.05. The summed E-state index contributed by atoms with van der Waals surface area (Å²) < 4.78 is 0.